The van der Waals surface area contributed by atoms with Crippen LogP contribution in [-0.2, 0) is 17.9 Å². The largest absolute Gasteiger partial charge is 0.382 e. The van der Waals surface area contributed by atoms with Crippen molar-refractivity contribution in [2.75, 3.05) is 12.8 Å². The van der Waals surface area contributed by atoms with Crippen molar-refractivity contribution in [2.24, 2.45) is 0 Å². The number of anilines is 1. The zero-order valence-corrected chi connectivity index (χ0v) is 11.5. The number of hydrogen-bond donors (Lipinski definition) is 2. The minimum Gasteiger partial charge on any atom is -0.382 e. The van der Waals surface area contributed by atoms with Gasteiger partial charge in [-0.2, -0.15) is 0 Å². The van der Waals surface area contributed by atoms with Crippen LogP contribution in [0.5, 0.6) is 0 Å². The molecule has 0 aliphatic heterocycles. The van der Waals surface area contributed by atoms with E-state index in [4.69, 9.17) is 26.6 Å². The van der Waals surface area contributed by atoms with Crippen LogP contribution in [0.4, 0.5) is 5.82 Å². The van der Waals surface area contributed by atoms with Crippen molar-refractivity contribution in [1.29, 1.82) is 0 Å². The molecule has 2 heterocycles. The van der Waals surface area contributed by atoms with Crippen LogP contribution >= 0.6 is 11.6 Å². The van der Waals surface area contributed by atoms with Crippen molar-refractivity contribution in [2.45, 2.75) is 13.2 Å². The van der Waals surface area contributed by atoms with Crippen LogP contribution in [0.1, 0.15) is 21.8 Å². The van der Waals surface area contributed by atoms with E-state index in [0.29, 0.717) is 23.6 Å². The van der Waals surface area contributed by atoms with Crippen molar-refractivity contribution in [3.05, 3.63) is 40.4 Å². The van der Waals surface area contributed by atoms with Gasteiger partial charge in [-0.3, -0.25) is 4.79 Å². The lowest BCUT2D eigenvalue weighted by molar-refractivity contribution is 0.0949. The number of ether oxygens (including phenoxy) is 1. The summed E-state index contributed by atoms with van der Waals surface area (Å²) in [5.74, 6) is 0.452. The van der Waals surface area contributed by atoms with Crippen molar-refractivity contribution >= 4 is 23.3 Å². The van der Waals surface area contributed by atoms with E-state index in [9.17, 15) is 4.79 Å². The van der Waals surface area contributed by atoms with Crippen LogP contribution in [0.25, 0.3) is 0 Å². The average molecular weight is 297 g/mol. The Kier molecular flexibility index (Phi) is 4.54. The smallest absolute Gasteiger partial charge is 0.253 e. The van der Waals surface area contributed by atoms with E-state index in [1.807, 2.05) is 0 Å². The molecule has 0 aromatic carbocycles. The first-order chi connectivity index (χ1) is 9.60. The first-order valence-corrected chi connectivity index (χ1v) is 6.10. The topological polar surface area (TPSA) is 103 Å². The Morgan fingerprint density at radius 2 is 2.35 bits per heavy atom. The molecule has 0 atom stereocenters. The monoisotopic (exact) mass is 296 g/mol. The number of aromatic nitrogens is 2. The third-order valence-corrected chi connectivity index (χ3v) is 2.76. The van der Waals surface area contributed by atoms with Gasteiger partial charge in [-0.05, 0) is 6.07 Å². The second kappa shape index (κ2) is 6.36. The number of carbonyl (C=O) groups excluding carboxylic acids is 1. The summed E-state index contributed by atoms with van der Waals surface area (Å²) in [5, 5.41) is 6.71. The molecule has 3 N–H and O–H groups in total. The predicted octanol–water partition coefficient (Wildman–Crippen LogP) is 1.38. The molecule has 20 heavy (non-hydrogen) atoms. The predicted molar refractivity (Wildman–Crippen MR) is 72.0 cm³/mol. The minimum absolute atomic E-state index is 0.184. The molecule has 106 valence electrons. The SMILES string of the molecule is COCc1cc(CNC(=O)c2cnc(N)c(Cl)c2)no1. The first-order valence-electron chi connectivity index (χ1n) is 5.72. The lowest BCUT2D eigenvalue weighted by Gasteiger charge is -2.04. The number of pyridine rings is 1. The molecule has 0 saturated carbocycles. The van der Waals surface area contributed by atoms with E-state index in [1.165, 1.54) is 12.3 Å². The molecule has 7 nitrogen and oxygen atoms in total. The first kappa shape index (κ1) is 14.3. The van der Waals surface area contributed by atoms with E-state index in [1.54, 1.807) is 13.2 Å². The Labute approximate surface area is 120 Å². The molecule has 0 saturated heterocycles. The molecule has 8 heteroatoms. The van der Waals surface area contributed by atoms with Crippen LogP contribution in [0.2, 0.25) is 5.02 Å². The van der Waals surface area contributed by atoms with Crippen LogP contribution in [0.15, 0.2) is 22.9 Å². The Balaban J connectivity index is 1.95. The Morgan fingerprint density at radius 3 is 3.05 bits per heavy atom. The molecular formula is C12H13ClN4O3. The highest BCUT2D eigenvalue weighted by Crippen LogP contribution is 2.16. The summed E-state index contributed by atoms with van der Waals surface area (Å²) < 4.78 is 9.91. The number of halogens is 1. The van der Waals surface area contributed by atoms with Gasteiger partial charge in [0.05, 0.1) is 17.1 Å². The molecule has 0 fully saturated rings. The zero-order chi connectivity index (χ0) is 14.5. The summed E-state index contributed by atoms with van der Waals surface area (Å²) in [7, 11) is 1.56. The van der Waals surface area contributed by atoms with Crippen molar-refractivity contribution < 1.29 is 14.1 Å². The van der Waals surface area contributed by atoms with Gasteiger partial charge in [0.25, 0.3) is 5.91 Å². The minimum atomic E-state index is -0.323. The van der Waals surface area contributed by atoms with Gasteiger partial charge in [0.15, 0.2) is 5.76 Å². The number of nitrogens with one attached hydrogen (secondary N) is 1. The second-order valence-corrected chi connectivity index (χ2v) is 4.40. The standard InChI is InChI=1S/C12H13ClN4O3/c1-19-6-9-3-8(17-20-9)5-16-12(18)7-2-10(13)11(14)15-4-7/h2-4H,5-6H2,1H3,(H2,14,15)(H,16,18). The van der Waals surface area contributed by atoms with Gasteiger partial charge in [0.2, 0.25) is 0 Å². The molecule has 0 bridgehead atoms. The highest BCUT2D eigenvalue weighted by Gasteiger charge is 2.10. The van der Waals surface area contributed by atoms with Gasteiger partial charge in [0.1, 0.15) is 18.1 Å². The maximum absolute atomic E-state index is 11.9. The summed E-state index contributed by atoms with van der Waals surface area (Å²) >= 11 is 5.80. The molecule has 0 aliphatic carbocycles. The highest BCUT2D eigenvalue weighted by molar-refractivity contribution is 6.33. The summed E-state index contributed by atoms with van der Waals surface area (Å²) in [6.45, 7) is 0.562. The van der Waals surface area contributed by atoms with Gasteiger partial charge in [0, 0.05) is 19.4 Å². The summed E-state index contributed by atoms with van der Waals surface area (Å²) in [6, 6.07) is 3.16. The Bertz CT molecular complexity index is 614. The number of hydrogen-bond acceptors (Lipinski definition) is 6. The molecule has 2 rings (SSSR count). The quantitative estimate of drug-likeness (QED) is 0.864. The number of amides is 1. The fraction of sp³-hybridized carbons (Fsp3) is 0.250. The third-order valence-electron chi connectivity index (χ3n) is 2.46. The fourth-order valence-electron chi connectivity index (χ4n) is 1.49. The summed E-state index contributed by atoms with van der Waals surface area (Å²) in [5.41, 5.74) is 6.40. The number of carbonyl (C=O) groups is 1. The third kappa shape index (κ3) is 3.46. The second-order valence-electron chi connectivity index (χ2n) is 3.99. The molecule has 0 aliphatic rings. The number of nitrogen functional groups attached to an aromatic ring is 1. The van der Waals surface area contributed by atoms with Gasteiger partial charge in [-0.15, -0.1) is 0 Å². The van der Waals surface area contributed by atoms with Gasteiger partial charge >= 0.3 is 0 Å². The average Bonchev–Trinajstić information content (AvgIpc) is 2.87. The zero-order valence-electron chi connectivity index (χ0n) is 10.7. The molecule has 2 aromatic heterocycles. The lowest BCUT2D eigenvalue weighted by Crippen LogP contribution is -2.23. The van der Waals surface area contributed by atoms with Crippen LogP contribution < -0.4 is 11.1 Å². The molecule has 0 radical (unpaired) electrons. The van der Waals surface area contributed by atoms with Gasteiger partial charge < -0.3 is 20.3 Å². The van der Waals surface area contributed by atoms with Crippen LogP contribution in [0, 0.1) is 0 Å². The lowest BCUT2D eigenvalue weighted by atomic mass is 10.2. The number of rotatable bonds is 5. The number of nitrogens with two attached hydrogens (primary N) is 1. The van der Waals surface area contributed by atoms with E-state index in [2.05, 4.69) is 15.5 Å². The van der Waals surface area contributed by atoms with Gasteiger partial charge in [-0.1, -0.05) is 16.8 Å². The Hall–Kier alpha value is -2.12. The number of methoxy groups -OCH3 is 1. The van der Waals surface area contributed by atoms with Crippen molar-refractivity contribution in [3.8, 4) is 0 Å². The van der Waals surface area contributed by atoms with Crippen molar-refractivity contribution in [1.82, 2.24) is 15.5 Å². The van der Waals surface area contributed by atoms with Gasteiger partial charge in [-0.25, -0.2) is 4.98 Å². The van der Waals surface area contributed by atoms with E-state index >= 15 is 0 Å². The molecule has 0 spiro atoms. The maximum Gasteiger partial charge on any atom is 0.253 e. The van der Waals surface area contributed by atoms with E-state index in [0.717, 1.165) is 0 Å². The summed E-state index contributed by atoms with van der Waals surface area (Å²) in [6.07, 6.45) is 1.36. The molecule has 2 aromatic rings. The van der Waals surface area contributed by atoms with Crippen LogP contribution in [-0.4, -0.2) is 23.2 Å². The highest BCUT2D eigenvalue weighted by atomic mass is 35.5. The van der Waals surface area contributed by atoms with Crippen molar-refractivity contribution in [3.63, 3.8) is 0 Å². The molecular weight excluding hydrogens is 284 g/mol. The van der Waals surface area contributed by atoms with Crippen LogP contribution in [0.3, 0.4) is 0 Å². The van der Waals surface area contributed by atoms with E-state index in [-0.39, 0.29) is 23.3 Å². The normalized spacial score (nSPS) is 10.5. The Morgan fingerprint density at radius 1 is 1.55 bits per heavy atom. The maximum atomic E-state index is 11.9. The molecule has 0 unspecified atom stereocenters. The summed E-state index contributed by atoms with van der Waals surface area (Å²) in [4.78, 5) is 15.7. The number of nitrogens with zero attached hydrogens (tertiary/aromatic N) is 2. The van der Waals surface area contributed by atoms with E-state index < -0.39 is 0 Å². The fourth-order valence-corrected chi connectivity index (χ4v) is 1.66. The molecule has 1 amide bonds.